The smallest absolute Gasteiger partial charge is 0.0990 e. The fraction of sp³-hybridized carbons (Fsp3) is 0.714. The Bertz CT molecular complexity index is 101. The van der Waals surface area contributed by atoms with E-state index in [1.807, 2.05) is 13.0 Å². The van der Waals surface area contributed by atoms with E-state index in [9.17, 15) is 0 Å². The van der Waals surface area contributed by atoms with Gasteiger partial charge in [0.15, 0.2) is 0 Å². The van der Waals surface area contributed by atoms with Crippen molar-refractivity contribution in [3.8, 4) is 0 Å². The Morgan fingerprint density at radius 1 is 1.67 bits per heavy atom. The fourth-order valence-electron chi connectivity index (χ4n) is 0.944. The molecule has 1 aliphatic rings. The molecule has 0 aromatic carbocycles. The average Bonchev–Trinajstić information content (AvgIpc) is 2.17. The first-order chi connectivity index (χ1) is 4.33. The predicted octanol–water partition coefficient (Wildman–Crippen LogP) is 1.67. The lowest BCUT2D eigenvalue weighted by Gasteiger charge is -1.98. The first kappa shape index (κ1) is 6.78. The van der Waals surface area contributed by atoms with Crippen LogP contribution in [0, 0.1) is 0 Å². The highest BCUT2D eigenvalue weighted by Crippen LogP contribution is 2.18. The van der Waals surface area contributed by atoms with Crippen LogP contribution in [-0.4, -0.2) is 12.2 Å². The Balaban J connectivity index is 2.21. The highest BCUT2D eigenvalue weighted by Gasteiger charge is 2.21. The van der Waals surface area contributed by atoms with E-state index in [4.69, 9.17) is 9.78 Å². The summed E-state index contributed by atoms with van der Waals surface area (Å²) in [5, 5.41) is 0. The molecule has 2 heteroatoms. The van der Waals surface area contributed by atoms with Crippen molar-refractivity contribution < 1.29 is 9.78 Å². The summed E-state index contributed by atoms with van der Waals surface area (Å²) in [5.74, 6) is 0. The van der Waals surface area contributed by atoms with Crippen molar-refractivity contribution in [3.63, 3.8) is 0 Å². The Kier molecular flexibility index (Phi) is 2.25. The Morgan fingerprint density at radius 2 is 2.44 bits per heavy atom. The maximum atomic E-state index is 4.93. The third-order valence-corrected chi connectivity index (χ3v) is 1.38. The van der Waals surface area contributed by atoms with Crippen molar-refractivity contribution >= 4 is 0 Å². The second-order valence-corrected chi connectivity index (χ2v) is 2.39. The van der Waals surface area contributed by atoms with Gasteiger partial charge < -0.3 is 0 Å². The highest BCUT2D eigenvalue weighted by molar-refractivity contribution is 4.76. The van der Waals surface area contributed by atoms with Gasteiger partial charge in [0.05, 0.1) is 12.2 Å². The summed E-state index contributed by atoms with van der Waals surface area (Å²) in [6.07, 6.45) is 4.25. The zero-order valence-corrected chi connectivity index (χ0v) is 5.67. The highest BCUT2D eigenvalue weighted by atomic mass is 17.2. The molecule has 2 nitrogen and oxygen atoms in total. The topological polar surface area (TPSA) is 18.5 Å². The van der Waals surface area contributed by atoms with E-state index >= 15 is 0 Å². The van der Waals surface area contributed by atoms with E-state index in [-0.39, 0.29) is 12.2 Å². The van der Waals surface area contributed by atoms with Crippen molar-refractivity contribution in [1.82, 2.24) is 0 Å². The summed E-state index contributed by atoms with van der Waals surface area (Å²) in [5.41, 5.74) is 0. The molecule has 0 bridgehead atoms. The maximum Gasteiger partial charge on any atom is 0.0990 e. The lowest BCUT2D eigenvalue weighted by Crippen LogP contribution is -2.02. The van der Waals surface area contributed by atoms with E-state index in [2.05, 4.69) is 6.58 Å². The molecule has 1 rings (SSSR count). The van der Waals surface area contributed by atoms with Gasteiger partial charge >= 0.3 is 0 Å². The second-order valence-electron chi connectivity index (χ2n) is 2.39. The van der Waals surface area contributed by atoms with Crippen molar-refractivity contribution in [3.05, 3.63) is 12.7 Å². The first-order valence-corrected chi connectivity index (χ1v) is 3.26. The van der Waals surface area contributed by atoms with E-state index < -0.39 is 0 Å². The number of hydrogen-bond donors (Lipinski definition) is 0. The molecule has 1 fully saturated rings. The number of hydrogen-bond acceptors (Lipinski definition) is 2. The largest absolute Gasteiger partial charge is 0.233 e. The van der Waals surface area contributed by atoms with Crippen molar-refractivity contribution in [2.45, 2.75) is 32.0 Å². The minimum atomic E-state index is 0.248. The van der Waals surface area contributed by atoms with E-state index in [0.717, 1.165) is 12.8 Å². The van der Waals surface area contributed by atoms with Crippen LogP contribution in [0.4, 0.5) is 0 Å². The van der Waals surface area contributed by atoms with Crippen LogP contribution in [-0.2, 0) is 9.78 Å². The summed E-state index contributed by atoms with van der Waals surface area (Å²) < 4.78 is 0. The molecule has 52 valence electrons. The molecular formula is C7H12O2. The van der Waals surface area contributed by atoms with Gasteiger partial charge in [-0.1, -0.05) is 6.08 Å². The van der Waals surface area contributed by atoms with E-state index in [1.165, 1.54) is 0 Å². The molecule has 0 amide bonds. The molecule has 2 atom stereocenters. The molecule has 0 N–H and O–H groups in total. The standard InChI is InChI=1S/C7H12O2/c1-3-4-7-5-6(2)8-9-7/h3,6-7H,1,4-5H2,2H3. The summed E-state index contributed by atoms with van der Waals surface area (Å²) in [6, 6.07) is 0. The minimum Gasteiger partial charge on any atom is -0.233 e. The Hall–Kier alpha value is -0.340. The van der Waals surface area contributed by atoms with E-state index in [1.54, 1.807) is 0 Å². The van der Waals surface area contributed by atoms with Gasteiger partial charge in [-0.3, -0.25) is 0 Å². The monoisotopic (exact) mass is 128 g/mol. The van der Waals surface area contributed by atoms with E-state index in [0.29, 0.717) is 0 Å². The van der Waals surface area contributed by atoms with Gasteiger partial charge in [0.2, 0.25) is 0 Å². The second kappa shape index (κ2) is 2.99. The summed E-state index contributed by atoms with van der Waals surface area (Å²) in [7, 11) is 0. The van der Waals surface area contributed by atoms with Crippen LogP contribution in [0.5, 0.6) is 0 Å². The van der Waals surface area contributed by atoms with Crippen molar-refractivity contribution in [1.29, 1.82) is 0 Å². The molecule has 0 aromatic rings. The zero-order chi connectivity index (χ0) is 6.69. The lowest BCUT2D eigenvalue weighted by molar-refractivity contribution is -0.292. The van der Waals surface area contributed by atoms with Crippen LogP contribution in [0.15, 0.2) is 12.7 Å². The molecule has 1 aliphatic heterocycles. The van der Waals surface area contributed by atoms with Gasteiger partial charge in [-0.2, -0.15) is 0 Å². The third-order valence-electron chi connectivity index (χ3n) is 1.38. The van der Waals surface area contributed by atoms with Gasteiger partial charge in [-0.05, 0) is 13.3 Å². The van der Waals surface area contributed by atoms with Crippen LogP contribution in [0.2, 0.25) is 0 Å². The van der Waals surface area contributed by atoms with Crippen LogP contribution < -0.4 is 0 Å². The molecular weight excluding hydrogens is 116 g/mol. The summed E-state index contributed by atoms with van der Waals surface area (Å²) in [4.78, 5) is 9.80. The van der Waals surface area contributed by atoms with Crippen LogP contribution in [0.3, 0.4) is 0 Å². The molecule has 0 spiro atoms. The quantitative estimate of drug-likeness (QED) is 0.416. The van der Waals surface area contributed by atoms with Gasteiger partial charge in [0.1, 0.15) is 0 Å². The Labute approximate surface area is 55.4 Å². The lowest BCUT2D eigenvalue weighted by atomic mass is 10.1. The van der Waals surface area contributed by atoms with Gasteiger partial charge in [0.25, 0.3) is 0 Å². The van der Waals surface area contributed by atoms with Crippen molar-refractivity contribution in [2.75, 3.05) is 0 Å². The average molecular weight is 128 g/mol. The zero-order valence-electron chi connectivity index (χ0n) is 5.67. The van der Waals surface area contributed by atoms with Gasteiger partial charge in [-0.25, -0.2) is 9.78 Å². The van der Waals surface area contributed by atoms with Gasteiger partial charge in [0, 0.05) is 6.42 Å². The van der Waals surface area contributed by atoms with Crippen LogP contribution >= 0.6 is 0 Å². The van der Waals surface area contributed by atoms with Crippen molar-refractivity contribution in [2.24, 2.45) is 0 Å². The van der Waals surface area contributed by atoms with Gasteiger partial charge in [-0.15, -0.1) is 6.58 Å². The summed E-state index contributed by atoms with van der Waals surface area (Å²) >= 11 is 0. The molecule has 0 saturated carbocycles. The van der Waals surface area contributed by atoms with Crippen LogP contribution in [0.1, 0.15) is 19.8 Å². The maximum absolute atomic E-state index is 4.93. The summed E-state index contributed by atoms with van der Waals surface area (Å²) in [6.45, 7) is 5.62. The normalized spacial score (nSPS) is 34.8. The molecule has 0 aromatic heterocycles. The van der Waals surface area contributed by atoms with Crippen LogP contribution in [0.25, 0.3) is 0 Å². The fourth-order valence-corrected chi connectivity index (χ4v) is 0.944. The first-order valence-electron chi connectivity index (χ1n) is 3.26. The Morgan fingerprint density at radius 3 is 2.89 bits per heavy atom. The number of rotatable bonds is 2. The molecule has 1 saturated heterocycles. The molecule has 0 aliphatic carbocycles. The minimum absolute atomic E-state index is 0.248. The third kappa shape index (κ3) is 1.80. The molecule has 2 unspecified atom stereocenters. The SMILES string of the molecule is C=CCC1CC(C)OO1. The molecule has 9 heavy (non-hydrogen) atoms. The predicted molar refractivity (Wildman–Crippen MR) is 34.9 cm³/mol. The molecule has 1 heterocycles. The molecule has 0 radical (unpaired) electrons.